The van der Waals surface area contributed by atoms with Gasteiger partial charge in [-0.25, -0.2) is 9.13 Å². The van der Waals surface area contributed by atoms with E-state index >= 15 is 0 Å². The van der Waals surface area contributed by atoms with Gasteiger partial charge < -0.3 is 0 Å². The van der Waals surface area contributed by atoms with Gasteiger partial charge in [-0.1, -0.05) is 6.92 Å². The van der Waals surface area contributed by atoms with Crippen LogP contribution >= 0.6 is 0 Å². The van der Waals surface area contributed by atoms with Gasteiger partial charge >= 0.3 is 0 Å². The van der Waals surface area contributed by atoms with Crippen LogP contribution in [0.5, 0.6) is 0 Å². The Morgan fingerprint density at radius 3 is 2.60 bits per heavy atom. The molecule has 0 saturated heterocycles. The molecular formula is C7H14FN2+. The number of nitrogens with zero attached hydrogens (tertiary/aromatic N) is 2. The smallest absolute Gasteiger partial charge is 0.243 e. The molecule has 0 aliphatic rings. The van der Waals surface area contributed by atoms with Crippen molar-refractivity contribution in [3.63, 3.8) is 0 Å². The van der Waals surface area contributed by atoms with Crippen molar-refractivity contribution in [3.8, 4) is 0 Å². The molecule has 0 saturated carbocycles. The minimum Gasteiger partial charge on any atom is -0.269 e. The molecule has 1 heterocycles. The maximum atomic E-state index is 2.18. The first-order chi connectivity index (χ1) is 4.33. The number of halogens is 1. The maximum absolute atomic E-state index is 2.18. The zero-order chi connectivity index (χ0) is 6.69. The molecule has 10 heavy (non-hydrogen) atoms. The minimum absolute atomic E-state index is 0. The van der Waals surface area contributed by atoms with Gasteiger partial charge in [0.2, 0.25) is 6.33 Å². The van der Waals surface area contributed by atoms with Gasteiger partial charge in [-0.15, -0.1) is 0 Å². The summed E-state index contributed by atoms with van der Waals surface area (Å²) in [5, 5.41) is 0. The highest BCUT2D eigenvalue weighted by molar-refractivity contribution is 4.64. The molecule has 0 spiro atoms. The Bertz CT molecular complexity index is 183. The monoisotopic (exact) mass is 145 g/mol. The lowest BCUT2D eigenvalue weighted by atomic mass is 10.5. The van der Waals surface area contributed by atoms with Gasteiger partial charge in [0.25, 0.3) is 0 Å². The van der Waals surface area contributed by atoms with Crippen molar-refractivity contribution < 1.29 is 9.27 Å². The quantitative estimate of drug-likeness (QED) is 0.546. The van der Waals surface area contributed by atoms with Crippen LogP contribution in [0.1, 0.15) is 13.3 Å². The first-order valence-corrected chi connectivity index (χ1v) is 3.34. The Balaban J connectivity index is 0.000000810. The summed E-state index contributed by atoms with van der Waals surface area (Å²) in [6.07, 6.45) is 7.43. The Morgan fingerprint density at radius 1 is 1.50 bits per heavy atom. The van der Waals surface area contributed by atoms with Crippen LogP contribution in [-0.4, -0.2) is 4.57 Å². The molecule has 1 rings (SSSR count). The first kappa shape index (κ1) is 9.14. The minimum atomic E-state index is 0. The van der Waals surface area contributed by atoms with Crippen LogP contribution in [0.3, 0.4) is 0 Å². The summed E-state index contributed by atoms with van der Waals surface area (Å²) in [5.41, 5.74) is 0. The molecule has 1 aromatic rings. The van der Waals surface area contributed by atoms with E-state index in [-0.39, 0.29) is 4.70 Å². The number of hydrogen-bond acceptors (Lipinski definition) is 0. The molecule has 0 atom stereocenters. The molecule has 58 valence electrons. The van der Waals surface area contributed by atoms with Crippen LogP contribution in [0.25, 0.3) is 0 Å². The molecule has 2 nitrogen and oxygen atoms in total. The zero-order valence-electron chi connectivity index (χ0n) is 6.45. The predicted octanol–water partition coefficient (Wildman–Crippen LogP) is 0.875. The molecule has 1 aromatic heterocycles. The van der Waals surface area contributed by atoms with Crippen molar-refractivity contribution in [3.05, 3.63) is 18.7 Å². The second-order valence-electron chi connectivity index (χ2n) is 2.32. The molecule has 0 amide bonds. The van der Waals surface area contributed by atoms with Gasteiger partial charge in [0.1, 0.15) is 12.4 Å². The number of imidazole rings is 1. The molecular weight excluding hydrogens is 131 g/mol. The molecule has 0 bridgehead atoms. The summed E-state index contributed by atoms with van der Waals surface area (Å²) in [7, 11) is 2.03. The highest BCUT2D eigenvalue weighted by Gasteiger charge is 1.94. The van der Waals surface area contributed by atoms with E-state index in [9.17, 15) is 0 Å². The fourth-order valence-corrected chi connectivity index (χ4v) is 0.892. The third-order valence-corrected chi connectivity index (χ3v) is 1.31. The summed E-state index contributed by atoms with van der Waals surface area (Å²) in [6.45, 7) is 3.31. The Kier molecular flexibility index (Phi) is 3.69. The van der Waals surface area contributed by atoms with Gasteiger partial charge in [0, 0.05) is 0 Å². The van der Waals surface area contributed by atoms with Gasteiger partial charge in [0.15, 0.2) is 0 Å². The van der Waals surface area contributed by atoms with Crippen LogP contribution in [-0.2, 0) is 13.6 Å². The summed E-state index contributed by atoms with van der Waals surface area (Å²) < 4.78 is 4.23. The molecule has 0 aliphatic carbocycles. The van der Waals surface area contributed by atoms with E-state index in [1.807, 2.05) is 7.05 Å². The van der Waals surface area contributed by atoms with E-state index < -0.39 is 0 Å². The second kappa shape index (κ2) is 4.04. The van der Waals surface area contributed by atoms with Crippen molar-refractivity contribution in [1.29, 1.82) is 0 Å². The van der Waals surface area contributed by atoms with Crippen LogP contribution in [0.4, 0.5) is 4.70 Å². The molecule has 0 radical (unpaired) electrons. The molecule has 0 fully saturated rings. The SMILES string of the molecule is CCCn1cc[n+](C)c1.F. The number of hydrogen-bond donors (Lipinski definition) is 0. The van der Waals surface area contributed by atoms with E-state index in [1.54, 1.807) is 0 Å². The zero-order valence-corrected chi connectivity index (χ0v) is 6.45. The number of aromatic nitrogens is 2. The summed E-state index contributed by atoms with van der Waals surface area (Å²) in [5.74, 6) is 0. The lowest BCUT2D eigenvalue weighted by Gasteiger charge is -1.86. The highest BCUT2D eigenvalue weighted by Crippen LogP contribution is 1.85. The normalized spacial score (nSPS) is 9.00. The average molecular weight is 145 g/mol. The van der Waals surface area contributed by atoms with Crippen LogP contribution < -0.4 is 4.57 Å². The summed E-state index contributed by atoms with van der Waals surface area (Å²) in [4.78, 5) is 0. The third-order valence-electron chi connectivity index (χ3n) is 1.31. The molecule has 0 unspecified atom stereocenters. The molecule has 0 N–H and O–H groups in total. The number of aryl methyl sites for hydroxylation is 2. The lowest BCUT2D eigenvalue weighted by molar-refractivity contribution is -0.671. The molecule has 0 aromatic carbocycles. The lowest BCUT2D eigenvalue weighted by Crippen LogP contribution is -2.23. The van der Waals surface area contributed by atoms with Crippen molar-refractivity contribution in [2.45, 2.75) is 19.9 Å². The van der Waals surface area contributed by atoms with Gasteiger partial charge in [-0.3, -0.25) is 4.70 Å². The maximum Gasteiger partial charge on any atom is 0.243 e. The fourth-order valence-electron chi connectivity index (χ4n) is 0.892. The fraction of sp³-hybridized carbons (Fsp3) is 0.571. The van der Waals surface area contributed by atoms with Gasteiger partial charge in [-0.2, -0.15) is 0 Å². The molecule has 0 aliphatic heterocycles. The number of rotatable bonds is 2. The van der Waals surface area contributed by atoms with Crippen LogP contribution in [0.2, 0.25) is 0 Å². The van der Waals surface area contributed by atoms with Gasteiger partial charge in [-0.05, 0) is 6.42 Å². The average Bonchev–Trinajstić information content (AvgIpc) is 2.17. The predicted molar refractivity (Wildman–Crippen MR) is 38.4 cm³/mol. The molecule has 3 heteroatoms. The Morgan fingerprint density at radius 2 is 2.20 bits per heavy atom. The summed E-state index contributed by atoms with van der Waals surface area (Å²) in [6, 6.07) is 0. The van der Waals surface area contributed by atoms with E-state index in [4.69, 9.17) is 0 Å². The van der Waals surface area contributed by atoms with E-state index in [2.05, 4.69) is 34.8 Å². The second-order valence-corrected chi connectivity index (χ2v) is 2.32. The van der Waals surface area contributed by atoms with Crippen LogP contribution in [0, 0.1) is 0 Å². The largest absolute Gasteiger partial charge is 0.269 e. The van der Waals surface area contributed by atoms with Crippen molar-refractivity contribution in [2.24, 2.45) is 7.05 Å². The van der Waals surface area contributed by atoms with Crippen LogP contribution in [0.15, 0.2) is 18.7 Å². The van der Waals surface area contributed by atoms with E-state index in [1.165, 1.54) is 6.42 Å². The van der Waals surface area contributed by atoms with Gasteiger partial charge in [0.05, 0.1) is 13.6 Å². The first-order valence-electron chi connectivity index (χ1n) is 3.34. The summed E-state index contributed by atoms with van der Waals surface area (Å²) >= 11 is 0. The van der Waals surface area contributed by atoms with Crippen molar-refractivity contribution in [1.82, 2.24) is 4.57 Å². The topological polar surface area (TPSA) is 8.81 Å². The van der Waals surface area contributed by atoms with E-state index in [0.717, 1.165) is 6.54 Å². The Labute approximate surface area is 60.5 Å². The standard InChI is InChI=1S/C7H13N2.FH/c1-3-4-9-6-5-8(2)7-9;/h5-7H,3-4H2,1-2H3;1H/q+1;. The Hall–Kier alpha value is -0.860. The van der Waals surface area contributed by atoms with E-state index in [0.29, 0.717) is 0 Å². The third kappa shape index (κ3) is 2.17. The van der Waals surface area contributed by atoms with Crippen molar-refractivity contribution in [2.75, 3.05) is 0 Å². The highest BCUT2D eigenvalue weighted by atomic mass is 19.0. The van der Waals surface area contributed by atoms with Crippen molar-refractivity contribution >= 4 is 0 Å².